The summed E-state index contributed by atoms with van der Waals surface area (Å²) in [7, 11) is 0. The van der Waals surface area contributed by atoms with E-state index in [4.69, 9.17) is 26.1 Å². The van der Waals surface area contributed by atoms with Crippen LogP contribution in [0, 0.1) is 13.8 Å². The van der Waals surface area contributed by atoms with Crippen LogP contribution in [0.2, 0.25) is 0 Å². The van der Waals surface area contributed by atoms with Gasteiger partial charge in [0, 0.05) is 5.69 Å². The fraction of sp³-hybridized carbons (Fsp3) is 0.222. The third-order valence-electron chi connectivity index (χ3n) is 5.44. The van der Waals surface area contributed by atoms with E-state index in [-0.39, 0.29) is 25.0 Å². The molecule has 1 aliphatic heterocycles. The highest BCUT2D eigenvalue weighted by molar-refractivity contribution is 8.26. The molecule has 2 heterocycles. The summed E-state index contributed by atoms with van der Waals surface area (Å²) in [6.45, 7) is 6.29. The number of carbonyl (C=O) groups is 2. The van der Waals surface area contributed by atoms with Gasteiger partial charge in [0.05, 0.1) is 24.3 Å². The number of nitrogens with one attached hydrogen (secondary N) is 1. The molecule has 0 atom stereocenters. The molecule has 1 saturated heterocycles. The monoisotopic (exact) mass is 522 g/mol. The number of amides is 2. The maximum atomic E-state index is 12.9. The number of benzene rings is 2. The molecule has 1 aliphatic rings. The molecule has 0 bridgehead atoms. The number of rotatable bonds is 9. The highest BCUT2D eigenvalue weighted by Gasteiger charge is 2.32. The van der Waals surface area contributed by atoms with Crippen LogP contribution in [0.5, 0.6) is 11.5 Å². The van der Waals surface area contributed by atoms with Crippen molar-refractivity contribution in [1.82, 2.24) is 4.90 Å². The molecule has 9 heteroatoms. The van der Waals surface area contributed by atoms with E-state index in [0.29, 0.717) is 33.1 Å². The minimum atomic E-state index is -0.265. The first-order chi connectivity index (χ1) is 17.4. The molecule has 2 aromatic carbocycles. The Morgan fingerprint density at radius 1 is 1.11 bits per heavy atom. The summed E-state index contributed by atoms with van der Waals surface area (Å²) in [5.41, 5.74) is 3.51. The summed E-state index contributed by atoms with van der Waals surface area (Å²) in [6.07, 6.45) is 3.33. The Labute approximate surface area is 219 Å². The van der Waals surface area contributed by atoms with Crippen LogP contribution in [0.25, 0.3) is 6.08 Å². The quantitative estimate of drug-likeness (QED) is 0.285. The van der Waals surface area contributed by atoms with Crippen molar-refractivity contribution in [2.75, 3.05) is 18.5 Å². The second kappa shape index (κ2) is 11.5. The van der Waals surface area contributed by atoms with Gasteiger partial charge in [0.2, 0.25) is 0 Å². The summed E-state index contributed by atoms with van der Waals surface area (Å²) >= 11 is 6.64. The summed E-state index contributed by atoms with van der Waals surface area (Å²) in [5.74, 6) is 1.14. The van der Waals surface area contributed by atoms with E-state index in [2.05, 4.69) is 5.32 Å². The predicted molar refractivity (Wildman–Crippen MR) is 145 cm³/mol. The number of para-hydroxylation sites is 1. The van der Waals surface area contributed by atoms with Crippen molar-refractivity contribution in [3.05, 3.63) is 82.1 Å². The molecule has 3 aromatic rings. The van der Waals surface area contributed by atoms with E-state index in [1.54, 1.807) is 42.7 Å². The smallest absolute Gasteiger partial charge is 0.266 e. The molecule has 0 aliphatic carbocycles. The number of aryl methyl sites for hydroxylation is 2. The van der Waals surface area contributed by atoms with Crippen LogP contribution < -0.4 is 14.8 Å². The van der Waals surface area contributed by atoms with Crippen molar-refractivity contribution in [2.24, 2.45) is 0 Å². The normalized spacial score (nSPS) is 14.4. The van der Waals surface area contributed by atoms with E-state index in [9.17, 15) is 9.59 Å². The van der Waals surface area contributed by atoms with Gasteiger partial charge in [-0.05, 0) is 67.8 Å². The number of hydrogen-bond acceptors (Lipinski definition) is 7. The molecule has 4 rings (SSSR count). The Morgan fingerprint density at radius 2 is 1.89 bits per heavy atom. The summed E-state index contributed by atoms with van der Waals surface area (Å²) in [6, 6.07) is 14.7. The predicted octanol–water partition coefficient (Wildman–Crippen LogP) is 5.71. The molecule has 0 radical (unpaired) electrons. The molecule has 2 amide bonds. The van der Waals surface area contributed by atoms with E-state index in [0.717, 1.165) is 22.4 Å². The Kier molecular flexibility index (Phi) is 8.12. The lowest BCUT2D eigenvalue weighted by Crippen LogP contribution is -2.27. The van der Waals surface area contributed by atoms with Gasteiger partial charge in [0.15, 0.2) is 18.1 Å². The molecular weight excluding hydrogens is 496 g/mol. The van der Waals surface area contributed by atoms with Crippen LogP contribution in [0.4, 0.5) is 5.69 Å². The lowest BCUT2D eigenvalue weighted by atomic mass is 10.1. The summed E-state index contributed by atoms with van der Waals surface area (Å²) < 4.78 is 17.3. The maximum Gasteiger partial charge on any atom is 0.266 e. The fourth-order valence-electron chi connectivity index (χ4n) is 3.68. The van der Waals surface area contributed by atoms with Crippen molar-refractivity contribution < 1.29 is 23.5 Å². The van der Waals surface area contributed by atoms with Crippen LogP contribution in [-0.2, 0) is 16.1 Å². The first kappa shape index (κ1) is 25.5. The molecule has 186 valence electrons. The average Bonchev–Trinajstić information content (AvgIpc) is 3.45. The topological polar surface area (TPSA) is 81.0 Å². The zero-order chi connectivity index (χ0) is 25.7. The summed E-state index contributed by atoms with van der Waals surface area (Å²) in [4.78, 5) is 27.4. The lowest BCUT2D eigenvalue weighted by molar-refractivity contribution is -0.122. The van der Waals surface area contributed by atoms with Crippen molar-refractivity contribution >= 4 is 51.9 Å². The minimum Gasteiger partial charge on any atom is -0.490 e. The van der Waals surface area contributed by atoms with Gasteiger partial charge in [-0.15, -0.1) is 0 Å². The van der Waals surface area contributed by atoms with Crippen molar-refractivity contribution in [1.29, 1.82) is 0 Å². The number of furan rings is 1. The Balaban J connectivity index is 1.45. The van der Waals surface area contributed by atoms with Crippen LogP contribution >= 0.6 is 24.0 Å². The zero-order valence-electron chi connectivity index (χ0n) is 20.2. The Morgan fingerprint density at radius 3 is 2.58 bits per heavy atom. The van der Waals surface area contributed by atoms with Crippen molar-refractivity contribution in [3.63, 3.8) is 0 Å². The van der Waals surface area contributed by atoms with E-state index in [1.165, 1.54) is 16.7 Å². The first-order valence-electron chi connectivity index (χ1n) is 11.4. The number of thiocarbonyl (C=S) groups is 1. The van der Waals surface area contributed by atoms with Crippen LogP contribution in [0.15, 0.2) is 64.1 Å². The van der Waals surface area contributed by atoms with Crippen molar-refractivity contribution in [3.8, 4) is 11.5 Å². The second-order valence-electron chi connectivity index (χ2n) is 8.09. The van der Waals surface area contributed by atoms with Gasteiger partial charge in [0.25, 0.3) is 11.8 Å². The molecule has 0 spiro atoms. The largest absolute Gasteiger partial charge is 0.490 e. The Bertz CT molecular complexity index is 1300. The standard InChI is InChI=1S/C27H26N2O5S2/c1-4-32-22-13-19(14-23-26(31)29(27(35)36-23)15-20-9-6-12-33-20)10-11-21(22)34-16-24(30)28-25-17(2)7-5-8-18(25)3/h5-14H,4,15-16H2,1-3H3,(H,28,30)/b23-14-. The molecule has 7 nitrogen and oxygen atoms in total. The highest BCUT2D eigenvalue weighted by atomic mass is 32.2. The average molecular weight is 523 g/mol. The molecular formula is C27H26N2O5S2. The maximum absolute atomic E-state index is 12.9. The number of carbonyl (C=O) groups excluding carboxylic acids is 2. The van der Waals surface area contributed by atoms with Gasteiger partial charge in [-0.3, -0.25) is 14.5 Å². The number of thioether (sulfide) groups is 1. The molecule has 1 fully saturated rings. The van der Waals surface area contributed by atoms with Gasteiger partial charge >= 0.3 is 0 Å². The van der Waals surface area contributed by atoms with Crippen LogP contribution in [-0.4, -0.2) is 34.2 Å². The van der Waals surface area contributed by atoms with E-state index in [1.807, 2.05) is 39.0 Å². The van der Waals surface area contributed by atoms with Gasteiger partial charge < -0.3 is 19.2 Å². The molecule has 0 saturated carbocycles. The molecule has 0 unspecified atom stereocenters. The van der Waals surface area contributed by atoms with Crippen LogP contribution in [0.1, 0.15) is 29.4 Å². The van der Waals surface area contributed by atoms with E-state index < -0.39 is 0 Å². The van der Waals surface area contributed by atoms with Gasteiger partial charge in [-0.2, -0.15) is 0 Å². The van der Waals surface area contributed by atoms with E-state index >= 15 is 0 Å². The molecule has 1 aromatic heterocycles. The van der Waals surface area contributed by atoms with Gasteiger partial charge in [-0.25, -0.2) is 0 Å². The molecule has 36 heavy (non-hydrogen) atoms. The lowest BCUT2D eigenvalue weighted by Gasteiger charge is -2.14. The number of ether oxygens (including phenoxy) is 2. The SMILES string of the molecule is CCOc1cc(/C=C2\SC(=S)N(Cc3ccco3)C2=O)ccc1OCC(=O)Nc1c(C)cccc1C. The third kappa shape index (κ3) is 5.98. The highest BCUT2D eigenvalue weighted by Crippen LogP contribution is 2.35. The van der Waals surface area contributed by atoms with Gasteiger partial charge in [0.1, 0.15) is 10.1 Å². The first-order valence-corrected chi connectivity index (χ1v) is 12.6. The molecule has 1 N–H and O–H groups in total. The van der Waals surface area contributed by atoms with Gasteiger partial charge in [-0.1, -0.05) is 48.2 Å². The summed E-state index contributed by atoms with van der Waals surface area (Å²) in [5, 5.41) is 2.91. The number of nitrogens with zero attached hydrogens (tertiary/aromatic N) is 1. The van der Waals surface area contributed by atoms with Crippen LogP contribution in [0.3, 0.4) is 0 Å². The fourth-order valence-corrected chi connectivity index (χ4v) is 4.93. The number of hydrogen-bond donors (Lipinski definition) is 1. The number of anilines is 1. The second-order valence-corrected chi connectivity index (χ2v) is 9.77. The minimum absolute atomic E-state index is 0.168. The Hall–Kier alpha value is -3.56. The van der Waals surface area contributed by atoms with Crippen molar-refractivity contribution in [2.45, 2.75) is 27.3 Å². The zero-order valence-corrected chi connectivity index (χ0v) is 21.8. The third-order valence-corrected chi connectivity index (χ3v) is 6.82.